The van der Waals surface area contributed by atoms with Crippen LogP contribution in [0.1, 0.15) is 36.0 Å². The number of piperidine rings is 1. The van der Waals surface area contributed by atoms with Gasteiger partial charge in [-0.25, -0.2) is 14.8 Å². The highest BCUT2D eigenvalue weighted by Crippen LogP contribution is 2.40. The van der Waals surface area contributed by atoms with Gasteiger partial charge in [0.2, 0.25) is 0 Å². The van der Waals surface area contributed by atoms with Crippen molar-refractivity contribution in [2.24, 2.45) is 24.6 Å². The number of aryl methyl sites for hydroxylation is 1. The zero-order valence-corrected chi connectivity index (χ0v) is 25.6. The van der Waals surface area contributed by atoms with E-state index in [4.69, 9.17) is 24.9 Å². The van der Waals surface area contributed by atoms with Crippen molar-refractivity contribution >= 4 is 50.6 Å². The minimum absolute atomic E-state index is 0.0140. The zero-order valence-electron chi connectivity index (χ0n) is 25.6. The lowest BCUT2D eigenvalue weighted by molar-refractivity contribution is 0.0700. The van der Waals surface area contributed by atoms with E-state index < -0.39 is 5.76 Å². The number of aromatic nitrogens is 5. The van der Waals surface area contributed by atoms with Crippen LogP contribution in [-0.2, 0) is 13.6 Å². The Balaban J connectivity index is 1.11. The summed E-state index contributed by atoms with van der Waals surface area (Å²) in [7, 11) is 3.62. The lowest BCUT2D eigenvalue weighted by Crippen LogP contribution is -2.41. The normalized spacial score (nSPS) is 20.8. The number of H-pyrrole nitrogens is 1. The summed E-state index contributed by atoms with van der Waals surface area (Å²) in [4.78, 5) is 40.1. The molecule has 1 amide bonds. The molecule has 5 heterocycles. The minimum Gasteiger partial charge on any atom is -0.494 e. The summed E-state index contributed by atoms with van der Waals surface area (Å²) in [5.41, 5.74) is 12.2. The number of pyridine rings is 1. The van der Waals surface area contributed by atoms with Crippen molar-refractivity contribution in [1.29, 1.82) is 0 Å². The highest BCUT2D eigenvalue weighted by Gasteiger charge is 2.47. The maximum absolute atomic E-state index is 13.7. The highest BCUT2D eigenvalue weighted by molar-refractivity contribution is 6.00. The molecule has 2 saturated carbocycles. The smallest absolute Gasteiger partial charge is 0.417 e. The molecule has 4 aromatic heterocycles. The Labute approximate surface area is 263 Å². The van der Waals surface area contributed by atoms with Gasteiger partial charge < -0.3 is 34.2 Å². The SMILES string of the molecule is COc1cc(C(=O)N2C[C@H]3CC[C@@H]2[C@@H]3N)cc2nc(-c3cc4ccc(Nc5ccc6[nH]c(=O)oc6c5)nc4n3CC3CC3)n(C)c12. The number of oxazole rings is 1. The lowest BCUT2D eigenvalue weighted by Gasteiger charge is -2.27. The summed E-state index contributed by atoms with van der Waals surface area (Å²) in [6, 6.07) is 15.5. The molecule has 1 saturated heterocycles. The van der Waals surface area contributed by atoms with Gasteiger partial charge in [-0.1, -0.05) is 0 Å². The van der Waals surface area contributed by atoms with E-state index in [2.05, 4.69) is 27.0 Å². The number of imidazole rings is 1. The zero-order chi connectivity index (χ0) is 31.3. The quantitative estimate of drug-likeness (QED) is 0.232. The number of fused-ring (bicyclic) bond motifs is 5. The molecular weight excluding hydrogens is 584 g/mol. The van der Waals surface area contributed by atoms with Gasteiger partial charge in [-0.2, -0.15) is 0 Å². The molecule has 0 radical (unpaired) electrons. The van der Waals surface area contributed by atoms with Gasteiger partial charge in [-0.15, -0.1) is 0 Å². The first-order valence-corrected chi connectivity index (χ1v) is 15.9. The number of ether oxygens (including phenoxy) is 1. The molecule has 2 aliphatic carbocycles. The predicted octanol–water partition coefficient (Wildman–Crippen LogP) is 4.75. The van der Waals surface area contributed by atoms with Crippen LogP contribution in [0, 0.1) is 11.8 Å². The van der Waals surface area contributed by atoms with Gasteiger partial charge in [0.1, 0.15) is 22.7 Å². The second-order valence-electron chi connectivity index (χ2n) is 13.0. The second kappa shape index (κ2) is 9.95. The number of methoxy groups -OCH3 is 1. The average molecular weight is 619 g/mol. The third-order valence-electron chi connectivity index (χ3n) is 10.1. The number of nitrogens with one attached hydrogen (secondary N) is 2. The first kappa shape index (κ1) is 27.2. The molecule has 234 valence electrons. The number of anilines is 2. The summed E-state index contributed by atoms with van der Waals surface area (Å²) < 4.78 is 15.4. The summed E-state index contributed by atoms with van der Waals surface area (Å²) >= 11 is 0. The topological polar surface area (TPSA) is 149 Å². The van der Waals surface area contributed by atoms with Gasteiger partial charge in [-0.05, 0) is 80.0 Å². The molecule has 3 fully saturated rings. The van der Waals surface area contributed by atoms with E-state index >= 15 is 0 Å². The molecule has 12 nitrogen and oxygen atoms in total. The molecule has 2 bridgehead atoms. The molecule has 1 aliphatic heterocycles. The average Bonchev–Trinajstić information content (AvgIpc) is 3.25. The Morgan fingerprint density at radius 1 is 1.11 bits per heavy atom. The second-order valence-corrected chi connectivity index (χ2v) is 13.0. The van der Waals surface area contributed by atoms with E-state index in [-0.39, 0.29) is 18.0 Å². The van der Waals surface area contributed by atoms with Crippen LogP contribution in [0.2, 0.25) is 0 Å². The number of likely N-dealkylation sites (tertiary alicyclic amines) is 1. The van der Waals surface area contributed by atoms with Crippen LogP contribution in [0.25, 0.3) is 44.7 Å². The number of nitrogens with zero attached hydrogens (tertiary/aromatic N) is 5. The van der Waals surface area contributed by atoms with Gasteiger partial charge in [-0.3, -0.25) is 9.78 Å². The molecule has 12 heteroatoms. The Hall–Kier alpha value is -5.10. The fourth-order valence-electron chi connectivity index (χ4n) is 7.56. The van der Waals surface area contributed by atoms with Gasteiger partial charge in [0.25, 0.3) is 5.91 Å². The summed E-state index contributed by atoms with van der Waals surface area (Å²) in [5, 5.41) is 4.36. The van der Waals surface area contributed by atoms with Crippen LogP contribution in [0.15, 0.2) is 57.7 Å². The Morgan fingerprint density at radius 2 is 1.98 bits per heavy atom. The van der Waals surface area contributed by atoms with Gasteiger partial charge in [0, 0.05) is 54.9 Å². The number of hydrogen-bond acceptors (Lipinski definition) is 8. The fraction of sp³-hybridized carbons (Fsp3) is 0.353. The van der Waals surface area contributed by atoms with Crippen LogP contribution in [0.5, 0.6) is 5.75 Å². The molecule has 9 rings (SSSR count). The van der Waals surface area contributed by atoms with Crippen LogP contribution >= 0.6 is 0 Å². The van der Waals surface area contributed by atoms with E-state index in [0.29, 0.717) is 52.1 Å². The number of nitrogens with two attached hydrogens (primary N) is 1. The lowest BCUT2D eigenvalue weighted by atomic mass is 10.1. The van der Waals surface area contributed by atoms with Crippen molar-refractivity contribution in [2.75, 3.05) is 19.0 Å². The monoisotopic (exact) mass is 618 g/mol. The molecule has 0 unspecified atom stereocenters. The van der Waals surface area contributed by atoms with Crippen molar-refractivity contribution in [3.63, 3.8) is 0 Å². The molecular formula is C34H34N8O4. The van der Waals surface area contributed by atoms with E-state index in [9.17, 15) is 9.59 Å². The Bertz CT molecular complexity index is 2260. The summed E-state index contributed by atoms with van der Waals surface area (Å²) in [5.74, 6) is 2.53. The third kappa shape index (κ3) is 4.23. The van der Waals surface area contributed by atoms with Crippen LogP contribution in [0.4, 0.5) is 11.5 Å². The first-order chi connectivity index (χ1) is 22.3. The molecule has 3 aliphatic rings. The minimum atomic E-state index is -0.484. The molecule has 46 heavy (non-hydrogen) atoms. The first-order valence-electron chi connectivity index (χ1n) is 15.9. The fourth-order valence-corrected chi connectivity index (χ4v) is 7.56. The van der Waals surface area contributed by atoms with E-state index in [0.717, 1.165) is 53.1 Å². The number of rotatable bonds is 7. The van der Waals surface area contributed by atoms with Crippen molar-refractivity contribution in [3.8, 4) is 17.3 Å². The van der Waals surface area contributed by atoms with Crippen molar-refractivity contribution in [1.82, 2.24) is 29.0 Å². The molecule has 3 atom stereocenters. The van der Waals surface area contributed by atoms with Crippen molar-refractivity contribution in [3.05, 3.63) is 64.6 Å². The predicted molar refractivity (Wildman–Crippen MR) is 174 cm³/mol. The third-order valence-corrected chi connectivity index (χ3v) is 10.1. The van der Waals surface area contributed by atoms with Crippen LogP contribution < -0.4 is 21.5 Å². The van der Waals surface area contributed by atoms with E-state index in [1.807, 2.05) is 40.8 Å². The Kier molecular flexibility index (Phi) is 5.89. The number of carbonyl (C=O) groups excluding carboxylic acids is 1. The number of carbonyl (C=O) groups is 1. The van der Waals surface area contributed by atoms with E-state index in [1.165, 1.54) is 12.8 Å². The number of benzene rings is 2. The van der Waals surface area contributed by atoms with Gasteiger partial charge in [0.05, 0.1) is 23.8 Å². The molecule has 4 N–H and O–H groups in total. The number of amides is 1. The Morgan fingerprint density at radius 3 is 2.74 bits per heavy atom. The highest BCUT2D eigenvalue weighted by atomic mass is 16.5. The largest absolute Gasteiger partial charge is 0.494 e. The number of hydrogen-bond donors (Lipinski definition) is 3. The van der Waals surface area contributed by atoms with Gasteiger partial charge in [0.15, 0.2) is 11.4 Å². The van der Waals surface area contributed by atoms with Crippen molar-refractivity contribution in [2.45, 2.75) is 44.3 Å². The maximum Gasteiger partial charge on any atom is 0.417 e. The van der Waals surface area contributed by atoms with Crippen molar-refractivity contribution < 1.29 is 13.9 Å². The maximum atomic E-state index is 13.7. The van der Waals surface area contributed by atoms with E-state index in [1.54, 1.807) is 19.2 Å². The van der Waals surface area contributed by atoms with Crippen LogP contribution in [0.3, 0.4) is 0 Å². The molecule has 6 aromatic rings. The standard InChI is InChI=1S/C34H34N8O4/c1-40-30-23(11-20(13-27(30)45-2)33(43)42-16-19-5-9-24(42)29(19)35)37-32(40)25-12-18-6-10-28(39-31(18)41(25)15-17-3-4-17)36-21-7-8-22-26(14-21)46-34(44)38-22/h6-8,10-14,17,19,24,29H,3-5,9,15-16,35H2,1-2H3,(H,36,39)(H,38,44)/t19-,24-,29-/m1/s1. The molecule has 0 spiro atoms. The summed E-state index contributed by atoms with van der Waals surface area (Å²) in [6.07, 6.45) is 4.42. The summed E-state index contributed by atoms with van der Waals surface area (Å²) in [6.45, 7) is 1.54. The number of aromatic amines is 1. The van der Waals surface area contributed by atoms with Crippen LogP contribution in [-0.4, -0.2) is 60.6 Å². The molecule has 2 aromatic carbocycles. The van der Waals surface area contributed by atoms with Gasteiger partial charge >= 0.3 is 5.76 Å².